The molecule has 5 heteroatoms. The number of nitrogens with zero attached hydrogens (tertiary/aromatic N) is 1. The Bertz CT molecular complexity index is 368. The van der Waals surface area contributed by atoms with Crippen LogP contribution in [0.15, 0.2) is 0 Å². The van der Waals surface area contributed by atoms with Crippen molar-refractivity contribution in [1.29, 1.82) is 0 Å². The summed E-state index contributed by atoms with van der Waals surface area (Å²) in [6, 6.07) is -0.200. The Morgan fingerprint density at radius 1 is 1.40 bits per heavy atom. The number of carboxylic acids is 1. The molecule has 1 saturated carbocycles. The van der Waals surface area contributed by atoms with Crippen LogP contribution in [-0.4, -0.2) is 40.6 Å². The number of urea groups is 1. The van der Waals surface area contributed by atoms with E-state index < -0.39 is 11.5 Å². The fourth-order valence-electron chi connectivity index (χ4n) is 3.27. The average molecular weight is 282 g/mol. The number of aliphatic carboxylic acids is 1. The Morgan fingerprint density at radius 2 is 2.15 bits per heavy atom. The summed E-state index contributed by atoms with van der Waals surface area (Å²) in [6.45, 7) is 3.18. The van der Waals surface area contributed by atoms with Gasteiger partial charge in [0.15, 0.2) is 0 Å². The van der Waals surface area contributed by atoms with Gasteiger partial charge in [0.05, 0.1) is 0 Å². The fraction of sp³-hybridized carbons (Fsp3) is 0.867. The molecule has 0 spiro atoms. The van der Waals surface area contributed by atoms with Crippen LogP contribution >= 0.6 is 0 Å². The van der Waals surface area contributed by atoms with Gasteiger partial charge in [0.25, 0.3) is 0 Å². The molecule has 0 radical (unpaired) electrons. The van der Waals surface area contributed by atoms with Gasteiger partial charge in [0, 0.05) is 13.1 Å². The highest BCUT2D eigenvalue weighted by Gasteiger charge is 2.49. The van der Waals surface area contributed by atoms with Gasteiger partial charge in [-0.2, -0.15) is 0 Å². The Balaban J connectivity index is 1.86. The lowest BCUT2D eigenvalue weighted by molar-refractivity contribution is -0.148. The molecule has 1 unspecified atom stereocenters. The Labute approximate surface area is 120 Å². The van der Waals surface area contributed by atoms with Crippen molar-refractivity contribution in [3.8, 4) is 0 Å². The first-order valence-electron chi connectivity index (χ1n) is 7.89. The van der Waals surface area contributed by atoms with Crippen LogP contribution in [0.2, 0.25) is 0 Å². The predicted octanol–water partition coefficient (Wildman–Crippen LogP) is 2.61. The van der Waals surface area contributed by atoms with E-state index in [0.29, 0.717) is 25.9 Å². The standard InChI is InChI=1S/C15H26N2O3/c1-2-8-15(13(18)19)9-4-11-17(15)14(20)16-10-3-5-12-6-7-12/h12H,2-11H2,1H3,(H,16,20)(H,18,19). The van der Waals surface area contributed by atoms with Gasteiger partial charge in [-0.1, -0.05) is 26.2 Å². The zero-order valence-electron chi connectivity index (χ0n) is 12.4. The first-order chi connectivity index (χ1) is 9.60. The summed E-state index contributed by atoms with van der Waals surface area (Å²) >= 11 is 0. The number of amides is 2. The Hall–Kier alpha value is -1.26. The summed E-state index contributed by atoms with van der Waals surface area (Å²) in [5, 5.41) is 12.4. The third-order valence-electron chi connectivity index (χ3n) is 4.56. The van der Waals surface area contributed by atoms with E-state index in [9.17, 15) is 14.7 Å². The van der Waals surface area contributed by atoms with Crippen LogP contribution in [-0.2, 0) is 4.79 Å². The molecule has 2 fully saturated rings. The van der Waals surface area contributed by atoms with Crippen molar-refractivity contribution in [3.63, 3.8) is 0 Å². The molecule has 1 aliphatic heterocycles. The molecule has 2 amide bonds. The third-order valence-corrected chi connectivity index (χ3v) is 4.56. The minimum atomic E-state index is -0.977. The van der Waals surface area contributed by atoms with E-state index in [1.165, 1.54) is 19.3 Å². The summed E-state index contributed by atoms with van der Waals surface area (Å²) in [4.78, 5) is 25.4. The molecule has 1 saturated heterocycles. The average Bonchev–Trinajstić information content (AvgIpc) is 3.13. The van der Waals surface area contributed by atoms with Crippen molar-refractivity contribution >= 4 is 12.0 Å². The second-order valence-corrected chi connectivity index (χ2v) is 6.16. The van der Waals surface area contributed by atoms with Crippen LogP contribution < -0.4 is 5.32 Å². The number of nitrogens with one attached hydrogen (secondary N) is 1. The zero-order valence-corrected chi connectivity index (χ0v) is 12.4. The normalized spacial score (nSPS) is 25.8. The topological polar surface area (TPSA) is 69.6 Å². The van der Waals surface area contributed by atoms with E-state index in [0.717, 1.165) is 25.2 Å². The van der Waals surface area contributed by atoms with Gasteiger partial charge in [-0.25, -0.2) is 9.59 Å². The number of hydrogen-bond donors (Lipinski definition) is 2. The van der Waals surface area contributed by atoms with Crippen LogP contribution in [0.25, 0.3) is 0 Å². The number of rotatable bonds is 7. The van der Waals surface area contributed by atoms with Crippen LogP contribution in [0, 0.1) is 5.92 Å². The van der Waals surface area contributed by atoms with E-state index >= 15 is 0 Å². The molecule has 1 heterocycles. The molecule has 20 heavy (non-hydrogen) atoms. The summed E-state index contributed by atoms with van der Waals surface area (Å²) in [7, 11) is 0. The van der Waals surface area contributed by atoms with E-state index in [1.54, 1.807) is 4.90 Å². The highest BCUT2D eigenvalue weighted by Crippen LogP contribution is 2.34. The molecule has 0 aromatic heterocycles. The maximum atomic E-state index is 12.3. The lowest BCUT2D eigenvalue weighted by Crippen LogP contribution is -2.56. The quantitative estimate of drug-likeness (QED) is 0.705. The maximum absolute atomic E-state index is 12.3. The maximum Gasteiger partial charge on any atom is 0.329 e. The summed E-state index contributed by atoms with van der Waals surface area (Å²) in [6.07, 6.45) is 7.51. The number of likely N-dealkylation sites (tertiary alicyclic amines) is 1. The molecule has 0 aromatic carbocycles. The van der Waals surface area contributed by atoms with E-state index in [4.69, 9.17) is 0 Å². The molecule has 0 bridgehead atoms. The van der Waals surface area contributed by atoms with E-state index in [2.05, 4.69) is 5.32 Å². The van der Waals surface area contributed by atoms with Gasteiger partial charge >= 0.3 is 12.0 Å². The first kappa shape index (κ1) is 15.1. The van der Waals surface area contributed by atoms with Crippen LogP contribution in [0.4, 0.5) is 4.79 Å². The monoisotopic (exact) mass is 282 g/mol. The van der Waals surface area contributed by atoms with E-state index in [1.807, 2.05) is 6.92 Å². The molecule has 2 N–H and O–H groups in total. The van der Waals surface area contributed by atoms with Crippen LogP contribution in [0.1, 0.15) is 58.3 Å². The minimum absolute atomic E-state index is 0.200. The molecule has 114 valence electrons. The number of carbonyl (C=O) groups excluding carboxylic acids is 1. The Kier molecular flexibility index (Phi) is 4.89. The van der Waals surface area contributed by atoms with E-state index in [-0.39, 0.29) is 6.03 Å². The molecule has 1 atom stereocenters. The van der Waals surface area contributed by atoms with Crippen molar-refractivity contribution in [2.75, 3.05) is 13.1 Å². The highest BCUT2D eigenvalue weighted by atomic mass is 16.4. The molecule has 1 aliphatic carbocycles. The van der Waals surface area contributed by atoms with Crippen molar-refractivity contribution in [3.05, 3.63) is 0 Å². The summed E-state index contributed by atoms with van der Waals surface area (Å²) in [5.74, 6) is 0.0156. The molecule has 2 aliphatic rings. The molecular weight excluding hydrogens is 256 g/mol. The SMILES string of the molecule is CCCC1(C(=O)O)CCCN1C(=O)NCCCC1CC1. The Morgan fingerprint density at radius 3 is 2.75 bits per heavy atom. The minimum Gasteiger partial charge on any atom is -0.479 e. The van der Waals surface area contributed by atoms with Gasteiger partial charge in [-0.3, -0.25) is 0 Å². The van der Waals surface area contributed by atoms with Crippen molar-refractivity contribution in [2.45, 2.75) is 63.8 Å². The van der Waals surface area contributed by atoms with Crippen LogP contribution in [0.3, 0.4) is 0 Å². The zero-order chi connectivity index (χ0) is 14.6. The van der Waals surface area contributed by atoms with Crippen molar-refractivity contribution in [1.82, 2.24) is 10.2 Å². The largest absolute Gasteiger partial charge is 0.479 e. The second-order valence-electron chi connectivity index (χ2n) is 6.16. The fourth-order valence-corrected chi connectivity index (χ4v) is 3.27. The van der Waals surface area contributed by atoms with Gasteiger partial charge in [-0.15, -0.1) is 0 Å². The second kappa shape index (κ2) is 6.46. The van der Waals surface area contributed by atoms with Crippen LogP contribution in [0.5, 0.6) is 0 Å². The lowest BCUT2D eigenvalue weighted by atomic mass is 9.91. The van der Waals surface area contributed by atoms with Gasteiger partial charge < -0.3 is 15.3 Å². The van der Waals surface area contributed by atoms with Crippen molar-refractivity contribution in [2.24, 2.45) is 5.92 Å². The summed E-state index contributed by atoms with van der Waals surface area (Å²) in [5.41, 5.74) is -0.977. The third kappa shape index (κ3) is 3.25. The van der Waals surface area contributed by atoms with Gasteiger partial charge in [0.1, 0.15) is 5.54 Å². The molecule has 5 nitrogen and oxygen atoms in total. The van der Waals surface area contributed by atoms with Crippen molar-refractivity contribution < 1.29 is 14.7 Å². The van der Waals surface area contributed by atoms with Gasteiger partial charge in [0.2, 0.25) is 0 Å². The smallest absolute Gasteiger partial charge is 0.329 e. The molecule has 0 aromatic rings. The molecular formula is C15H26N2O3. The predicted molar refractivity (Wildman–Crippen MR) is 76.6 cm³/mol. The van der Waals surface area contributed by atoms with Gasteiger partial charge in [-0.05, 0) is 38.0 Å². The molecule has 2 rings (SSSR count). The number of carbonyl (C=O) groups is 2. The summed E-state index contributed by atoms with van der Waals surface area (Å²) < 4.78 is 0. The number of hydrogen-bond acceptors (Lipinski definition) is 2. The first-order valence-corrected chi connectivity index (χ1v) is 7.89. The lowest BCUT2D eigenvalue weighted by Gasteiger charge is -2.34. The highest BCUT2D eigenvalue weighted by molar-refractivity contribution is 5.87. The number of carboxylic acid groups (broad SMARTS) is 1.